The van der Waals surface area contributed by atoms with Crippen molar-refractivity contribution in [2.45, 2.75) is 59.3 Å². The van der Waals surface area contributed by atoms with Crippen LogP contribution < -0.4 is 0 Å². The average molecular weight is 493 g/mol. The van der Waals surface area contributed by atoms with Crippen LogP contribution in [0.15, 0.2) is 40.5 Å². The summed E-state index contributed by atoms with van der Waals surface area (Å²) in [7, 11) is 0. The summed E-state index contributed by atoms with van der Waals surface area (Å²) in [5.41, 5.74) is 3.18. The van der Waals surface area contributed by atoms with Crippen LogP contribution in [0.5, 0.6) is 0 Å². The van der Waals surface area contributed by atoms with Crippen molar-refractivity contribution in [2.75, 3.05) is 6.61 Å². The van der Waals surface area contributed by atoms with Crippen LogP contribution in [0.4, 0.5) is 0 Å². The first-order chi connectivity index (χ1) is 13.2. The van der Waals surface area contributed by atoms with Crippen molar-refractivity contribution in [1.29, 1.82) is 0 Å². The molecule has 0 spiro atoms. The highest BCUT2D eigenvalue weighted by Gasteiger charge is 2.46. The summed E-state index contributed by atoms with van der Waals surface area (Å²) >= 11 is 2.27. The highest BCUT2D eigenvalue weighted by atomic mass is 127. The molecule has 1 aliphatic heterocycles. The number of carbonyl (C=O) groups excluding carboxylic acids is 2. The number of hydrogen-bond donors (Lipinski definition) is 0. The van der Waals surface area contributed by atoms with Gasteiger partial charge in [0.1, 0.15) is 5.92 Å². The summed E-state index contributed by atoms with van der Waals surface area (Å²) in [6.07, 6.45) is 3.04. The third kappa shape index (κ3) is 4.39. The number of nitrogens with zero attached hydrogens (tertiary/aromatic N) is 1. The van der Waals surface area contributed by atoms with Crippen molar-refractivity contribution in [3.05, 3.63) is 44.7 Å². The molecule has 1 aromatic rings. The molecule has 0 aromatic heterocycles. The van der Waals surface area contributed by atoms with Gasteiger partial charge in [0.15, 0.2) is 5.78 Å². The molecule has 28 heavy (non-hydrogen) atoms. The lowest BCUT2D eigenvalue weighted by Gasteiger charge is -2.39. The fourth-order valence-electron chi connectivity index (χ4n) is 4.22. The molecule has 0 fully saturated rings. The van der Waals surface area contributed by atoms with Gasteiger partial charge in [-0.2, -0.15) is 0 Å². The van der Waals surface area contributed by atoms with Gasteiger partial charge in [-0.15, -0.1) is 0 Å². The maximum absolute atomic E-state index is 13.2. The molecule has 1 unspecified atom stereocenters. The number of halogens is 1. The molecule has 2 atom stereocenters. The first-order valence-corrected chi connectivity index (χ1v) is 11.0. The summed E-state index contributed by atoms with van der Waals surface area (Å²) < 4.78 is 6.66. The van der Waals surface area contributed by atoms with Crippen LogP contribution in [0.1, 0.15) is 64.9 Å². The number of ether oxygens (including phenoxy) is 1. The first kappa shape index (κ1) is 21.2. The van der Waals surface area contributed by atoms with Gasteiger partial charge in [-0.3, -0.25) is 14.6 Å². The predicted octanol–water partition coefficient (Wildman–Crippen LogP) is 5.45. The molecule has 1 aromatic carbocycles. The highest BCUT2D eigenvalue weighted by Crippen LogP contribution is 2.48. The van der Waals surface area contributed by atoms with Gasteiger partial charge >= 0.3 is 5.97 Å². The van der Waals surface area contributed by atoms with E-state index in [4.69, 9.17) is 9.73 Å². The van der Waals surface area contributed by atoms with E-state index < -0.39 is 5.92 Å². The molecule has 0 saturated heterocycles. The van der Waals surface area contributed by atoms with E-state index >= 15 is 0 Å². The molecule has 0 bridgehead atoms. The number of rotatable bonds is 5. The molecular formula is C23H28INO3. The van der Waals surface area contributed by atoms with E-state index in [2.05, 4.69) is 49.4 Å². The number of carbonyl (C=O) groups is 2. The molecular weight excluding hydrogens is 465 g/mol. The Bertz CT molecular complexity index is 853. The topological polar surface area (TPSA) is 55.7 Å². The molecule has 3 rings (SSSR count). The average Bonchev–Trinajstić information content (AvgIpc) is 2.59. The maximum atomic E-state index is 13.2. The Kier molecular flexibility index (Phi) is 6.42. The lowest BCUT2D eigenvalue weighted by Crippen LogP contribution is -2.39. The molecule has 0 radical (unpaired) electrons. The standard InChI is InChI=1S/C23H28INO3/c1-5-6-10-28-22(27)19-14(2)25-17-12-23(3,4)13-18(26)21(17)20(19)15-8-7-9-16(24)11-15/h7-9,11,19-20H,5-6,10,12-13H2,1-4H3/t19?,20-/m0/s1. The smallest absolute Gasteiger partial charge is 0.315 e. The van der Waals surface area contributed by atoms with Gasteiger partial charge in [0.25, 0.3) is 0 Å². The largest absolute Gasteiger partial charge is 0.465 e. The van der Waals surface area contributed by atoms with E-state index in [0.717, 1.165) is 39.8 Å². The van der Waals surface area contributed by atoms with Gasteiger partial charge in [0, 0.05) is 32.9 Å². The fourth-order valence-corrected chi connectivity index (χ4v) is 4.78. The van der Waals surface area contributed by atoms with Crippen molar-refractivity contribution in [1.82, 2.24) is 0 Å². The third-order valence-corrected chi connectivity index (χ3v) is 6.18. The van der Waals surface area contributed by atoms with Crippen molar-refractivity contribution >= 4 is 40.1 Å². The monoisotopic (exact) mass is 493 g/mol. The van der Waals surface area contributed by atoms with Crippen LogP contribution in [-0.4, -0.2) is 24.1 Å². The van der Waals surface area contributed by atoms with Crippen molar-refractivity contribution in [3.8, 4) is 0 Å². The molecule has 0 N–H and O–H groups in total. The fraction of sp³-hybridized carbons (Fsp3) is 0.522. The van der Waals surface area contributed by atoms with Crippen LogP contribution >= 0.6 is 22.6 Å². The molecule has 1 aliphatic carbocycles. The predicted molar refractivity (Wildman–Crippen MR) is 119 cm³/mol. The van der Waals surface area contributed by atoms with Gasteiger partial charge < -0.3 is 4.74 Å². The number of ketones is 1. The Hall–Kier alpha value is -1.50. The Morgan fingerprint density at radius 2 is 2.07 bits per heavy atom. The summed E-state index contributed by atoms with van der Waals surface area (Å²) in [5, 5.41) is 0. The van der Waals surface area contributed by atoms with Crippen molar-refractivity contribution in [2.24, 2.45) is 16.3 Å². The van der Waals surface area contributed by atoms with Crippen molar-refractivity contribution < 1.29 is 14.3 Å². The van der Waals surface area contributed by atoms with Gasteiger partial charge in [-0.1, -0.05) is 39.3 Å². The summed E-state index contributed by atoms with van der Waals surface area (Å²) in [4.78, 5) is 30.9. The third-order valence-electron chi connectivity index (χ3n) is 5.51. The van der Waals surface area contributed by atoms with Gasteiger partial charge in [0.05, 0.1) is 6.61 Å². The zero-order valence-electron chi connectivity index (χ0n) is 17.0. The van der Waals surface area contributed by atoms with Crippen LogP contribution in [-0.2, 0) is 14.3 Å². The number of esters is 1. The Labute approximate surface area is 181 Å². The lowest BCUT2D eigenvalue weighted by atomic mass is 9.67. The summed E-state index contributed by atoms with van der Waals surface area (Å²) in [5.74, 6) is -1.03. The van der Waals surface area contributed by atoms with E-state index in [1.165, 1.54) is 0 Å². The minimum absolute atomic E-state index is 0.107. The molecule has 0 saturated carbocycles. The second-order valence-corrected chi connectivity index (χ2v) is 9.83. The van der Waals surface area contributed by atoms with E-state index in [1.54, 1.807) is 0 Å². The molecule has 0 amide bonds. The number of allylic oxidation sites excluding steroid dienone is 2. The van der Waals surface area contributed by atoms with E-state index in [1.807, 2.05) is 25.1 Å². The van der Waals surface area contributed by atoms with E-state index in [0.29, 0.717) is 18.6 Å². The Balaban J connectivity index is 2.08. The van der Waals surface area contributed by atoms with Crippen LogP contribution in [0.3, 0.4) is 0 Å². The zero-order chi connectivity index (χ0) is 20.5. The zero-order valence-corrected chi connectivity index (χ0v) is 19.2. The highest BCUT2D eigenvalue weighted by molar-refractivity contribution is 14.1. The summed E-state index contributed by atoms with van der Waals surface area (Å²) in [6, 6.07) is 8.07. The number of hydrogen-bond acceptors (Lipinski definition) is 4. The van der Waals surface area contributed by atoms with E-state index in [-0.39, 0.29) is 23.1 Å². The Morgan fingerprint density at radius 1 is 1.32 bits per heavy atom. The van der Waals surface area contributed by atoms with Gasteiger partial charge in [0.2, 0.25) is 0 Å². The van der Waals surface area contributed by atoms with E-state index in [9.17, 15) is 9.59 Å². The SMILES string of the molecule is CCCCOC(=O)C1C(C)=NC2=C(C(=O)CC(C)(C)C2)[C@H]1c1cccc(I)c1. The number of Topliss-reactive ketones (excluding diaryl/α,β-unsaturated/α-hetero) is 1. The normalized spacial score (nSPS) is 23.9. The molecule has 5 heteroatoms. The number of benzene rings is 1. The number of aliphatic imine (C=N–C) groups is 1. The quantitative estimate of drug-likeness (QED) is 0.311. The van der Waals surface area contributed by atoms with Gasteiger partial charge in [-0.05, 0) is 65.5 Å². The van der Waals surface area contributed by atoms with Crippen LogP contribution in [0.25, 0.3) is 0 Å². The molecule has 150 valence electrons. The van der Waals surface area contributed by atoms with Crippen LogP contribution in [0, 0.1) is 14.9 Å². The Morgan fingerprint density at radius 3 is 2.75 bits per heavy atom. The lowest BCUT2D eigenvalue weighted by molar-refractivity contribution is -0.146. The number of unbranched alkanes of at least 4 members (excludes halogenated alkanes) is 1. The second kappa shape index (κ2) is 8.47. The second-order valence-electron chi connectivity index (χ2n) is 8.59. The van der Waals surface area contributed by atoms with Crippen LogP contribution in [0.2, 0.25) is 0 Å². The minimum Gasteiger partial charge on any atom is -0.465 e. The minimum atomic E-state index is -0.543. The van der Waals surface area contributed by atoms with Crippen molar-refractivity contribution in [3.63, 3.8) is 0 Å². The summed E-state index contributed by atoms with van der Waals surface area (Å²) in [6.45, 7) is 8.57. The van der Waals surface area contributed by atoms with Gasteiger partial charge in [-0.25, -0.2) is 0 Å². The maximum Gasteiger partial charge on any atom is 0.315 e. The molecule has 4 nitrogen and oxygen atoms in total. The molecule has 2 aliphatic rings. The first-order valence-electron chi connectivity index (χ1n) is 9.97. The molecule has 1 heterocycles.